The van der Waals surface area contributed by atoms with Crippen LogP contribution in [0.1, 0.15) is 53.7 Å². The first-order valence-electron chi connectivity index (χ1n) is 8.72. The predicted octanol–water partition coefficient (Wildman–Crippen LogP) is 1.57. The van der Waals surface area contributed by atoms with Gasteiger partial charge in [-0.05, 0) is 19.8 Å². The van der Waals surface area contributed by atoms with E-state index in [1.165, 1.54) is 11.3 Å². The normalized spacial score (nSPS) is 21.4. The van der Waals surface area contributed by atoms with Gasteiger partial charge in [-0.25, -0.2) is 4.98 Å². The van der Waals surface area contributed by atoms with Gasteiger partial charge in [-0.2, -0.15) is 0 Å². The molecule has 0 bridgehead atoms. The Kier molecular flexibility index (Phi) is 5.99. The minimum absolute atomic E-state index is 0.118. The molecule has 1 unspecified atom stereocenters. The Balaban J connectivity index is 1.88. The summed E-state index contributed by atoms with van der Waals surface area (Å²) in [6.45, 7) is 4.87. The van der Waals surface area contributed by atoms with Gasteiger partial charge in [0.1, 0.15) is 11.1 Å². The molecule has 2 aromatic rings. The van der Waals surface area contributed by atoms with Crippen molar-refractivity contribution < 1.29 is 14.6 Å². The smallest absolute Gasteiger partial charge is 0.284 e. The van der Waals surface area contributed by atoms with Crippen LogP contribution in [0.15, 0.2) is 0 Å². The zero-order valence-corrected chi connectivity index (χ0v) is 17.0. The molecule has 3 heterocycles. The summed E-state index contributed by atoms with van der Waals surface area (Å²) in [5.41, 5.74) is 6.30. The number of hydrogen-bond donors (Lipinski definition) is 2. The number of primary amides is 1. The van der Waals surface area contributed by atoms with E-state index in [-0.39, 0.29) is 18.0 Å². The summed E-state index contributed by atoms with van der Waals surface area (Å²) >= 11 is 7.59. The molecule has 0 aromatic carbocycles. The van der Waals surface area contributed by atoms with E-state index in [0.29, 0.717) is 36.1 Å². The lowest BCUT2D eigenvalue weighted by Crippen LogP contribution is -2.46. The number of anilines is 1. The van der Waals surface area contributed by atoms with Gasteiger partial charge < -0.3 is 25.0 Å². The first-order chi connectivity index (χ1) is 12.9. The van der Waals surface area contributed by atoms with Crippen LogP contribution in [0, 0.1) is 0 Å². The number of imidazole rings is 1. The van der Waals surface area contributed by atoms with E-state index in [0.717, 1.165) is 10.8 Å². The van der Waals surface area contributed by atoms with E-state index < -0.39 is 12.0 Å². The number of ether oxygens (including phenoxy) is 1. The Labute approximate surface area is 166 Å². The van der Waals surface area contributed by atoms with Gasteiger partial charge >= 0.3 is 0 Å². The lowest BCUT2D eigenvalue weighted by Gasteiger charge is -2.39. The van der Waals surface area contributed by atoms with E-state index in [4.69, 9.17) is 22.1 Å². The highest BCUT2D eigenvalue weighted by atomic mass is 35.5. The van der Waals surface area contributed by atoms with E-state index in [1.54, 1.807) is 14.0 Å². The number of aliphatic hydroxyl groups is 1. The van der Waals surface area contributed by atoms with Gasteiger partial charge in [0.2, 0.25) is 11.0 Å². The highest BCUT2D eigenvalue weighted by Gasteiger charge is 2.36. The number of aromatic nitrogens is 4. The number of amides is 1. The van der Waals surface area contributed by atoms with Crippen LogP contribution in [0.3, 0.4) is 0 Å². The fraction of sp³-hybridized carbons (Fsp3) is 0.625. The molecule has 9 nitrogen and oxygen atoms in total. The van der Waals surface area contributed by atoms with Crippen molar-refractivity contribution in [3.63, 3.8) is 0 Å². The van der Waals surface area contributed by atoms with Gasteiger partial charge in [0.15, 0.2) is 5.15 Å². The molecular formula is C16H23ClN6O3S. The monoisotopic (exact) mass is 414 g/mol. The van der Waals surface area contributed by atoms with Crippen molar-refractivity contribution in [2.24, 2.45) is 5.73 Å². The van der Waals surface area contributed by atoms with Crippen molar-refractivity contribution in [3.8, 4) is 0 Å². The van der Waals surface area contributed by atoms with Crippen molar-refractivity contribution >= 4 is 34.0 Å². The van der Waals surface area contributed by atoms with Crippen LogP contribution in [0.5, 0.6) is 0 Å². The van der Waals surface area contributed by atoms with Crippen LogP contribution in [0.25, 0.3) is 0 Å². The second-order valence-electron chi connectivity index (χ2n) is 6.44. The van der Waals surface area contributed by atoms with Crippen LogP contribution in [0.4, 0.5) is 5.13 Å². The number of nitrogens with two attached hydrogens (primary N) is 1. The van der Waals surface area contributed by atoms with E-state index in [1.807, 2.05) is 11.5 Å². The largest absolute Gasteiger partial charge is 0.386 e. The Hall–Kier alpha value is -1.75. The van der Waals surface area contributed by atoms with Crippen molar-refractivity contribution in [1.82, 2.24) is 19.7 Å². The standard InChI is InChI=1S/C16H23ClN6O3S/c1-4-9-12(17)19-14(13(18)25)23(9)10-5-6-22(7-11(10)26-3)16-21-20-15(27-16)8(2)24/h8,10-11,24H,4-7H2,1-3H3,(H2,18,25)/t8?,10-,11+/m1/s1. The van der Waals surface area contributed by atoms with Gasteiger partial charge in [0, 0.05) is 20.2 Å². The molecule has 0 aliphatic carbocycles. The molecule has 3 N–H and O–H groups in total. The third kappa shape index (κ3) is 3.79. The summed E-state index contributed by atoms with van der Waals surface area (Å²) in [5.74, 6) is -0.454. The number of nitrogens with zero attached hydrogens (tertiary/aromatic N) is 5. The number of hydrogen-bond acceptors (Lipinski definition) is 8. The Morgan fingerprint density at radius 2 is 2.26 bits per heavy atom. The Morgan fingerprint density at radius 3 is 2.81 bits per heavy atom. The first-order valence-corrected chi connectivity index (χ1v) is 9.92. The number of rotatable bonds is 6. The maximum atomic E-state index is 11.9. The molecule has 0 spiro atoms. The molecule has 11 heteroatoms. The summed E-state index contributed by atoms with van der Waals surface area (Å²) in [6.07, 6.45) is 0.461. The van der Waals surface area contributed by atoms with Gasteiger partial charge in [-0.15, -0.1) is 10.2 Å². The summed E-state index contributed by atoms with van der Waals surface area (Å²) in [6, 6.07) is -0.118. The number of aliphatic hydroxyl groups excluding tert-OH is 1. The number of carbonyl (C=O) groups is 1. The third-order valence-corrected chi connectivity index (χ3v) is 6.19. The molecule has 148 valence electrons. The van der Waals surface area contributed by atoms with E-state index in [9.17, 15) is 9.90 Å². The summed E-state index contributed by atoms with van der Waals surface area (Å²) in [4.78, 5) is 18.1. The van der Waals surface area contributed by atoms with Crippen molar-refractivity contribution in [1.29, 1.82) is 0 Å². The average Bonchev–Trinajstić information content (AvgIpc) is 3.25. The van der Waals surface area contributed by atoms with Gasteiger partial charge in [0.05, 0.1) is 17.8 Å². The minimum Gasteiger partial charge on any atom is -0.386 e. The Morgan fingerprint density at radius 1 is 1.52 bits per heavy atom. The van der Waals surface area contributed by atoms with Crippen molar-refractivity contribution in [3.05, 3.63) is 21.7 Å². The summed E-state index contributed by atoms with van der Waals surface area (Å²) in [7, 11) is 1.64. The quantitative estimate of drug-likeness (QED) is 0.736. The molecule has 1 aliphatic heterocycles. The van der Waals surface area contributed by atoms with Crippen LogP contribution >= 0.6 is 22.9 Å². The third-order valence-electron chi connectivity index (χ3n) is 4.73. The number of methoxy groups -OCH3 is 1. The summed E-state index contributed by atoms with van der Waals surface area (Å²) < 4.78 is 7.56. The second kappa shape index (κ2) is 8.09. The molecule has 2 aromatic heterocycles. The van der Waals surface area contributed by atoms with Gasteiger partial charge in [-0.1, -0.05) is 29.9 Å². The molecule has 1 fully saturated rings. The molecule has 0 saturated carbocycles. The van der Waals surface area contributed by atoms with Crippen LogP contribution in [0.2, 0.25) is 5.15 Å². The molecule has 1 amide bonds. The molecule has 3 atom stereocenters. The van der Waals surface area contributed by atoms with Gasteiger partial charge in [0.25, 0.3) is 5.91 Å². The summed E-state index contributed by atoms with van der Waals surface area (Å²) in [5, 5.41) is 19.5. The van der Waals surface area contributed by atoms with E-state index in [2.05, 4.69) is 20.1 Å². The molecule has 3 rings (SSSR count). The lowest BCUT2D eigenvalue weighted by atomic mass is 10.0. The average molecular weight is 415 g/mol. The first kappa shape index (κ1) is 20.0. The molecule has 1 aliphatic rings. The fourth-order valence-electron chi connectivity index (χ4n) is 3.41. The van der Waals surface area contributed by atoms with Crippen LogP contribution < -0.4 is 10.6 Å². The zero-order chi connectivity index (χ0) is 19.7. The maximum absolute atomic E-state index is 11.9. The maximum Gasteiger partial charge on any atom is 0.284 e. The molecule has 0 radical (unpaired) electrons. The SMILES string of the molecule is CCc1c(Cl)nc(C(N)=O)n1[C@@H]1CCN(c2nnc(C(C)O)s2)C[C@@H]1OC. The molecule has 27 heavy (non-hydrogen) atoms. The fourth-order valence-corrected chi connectivity index (χ4v) is 4.53. The highest BCUT2D eigenvalue weighted by molar-refractivity contribution is 7.15. The predicted molar refractivity (Wildman–Crippen MR) is 102 cm³/mol. The minimum atomic E-state index is -0.648. The van der Waals surface area contributed by atoms with Crippen molar-refractivity contribution in [2.75, 3.05) is 25.1 Å². The van der Waals surface area contributed by atoms with Crippen LogP contribution in [-0.4, -0.2) is 57.1 Å². The molecular weight excluding hydrogens is 392 g/mol. The lowest BCUT2D eigenvalue weighted by molar-refractivity contribution is 0.0451. The topological polar surface area (TPSA) is 119 Å². The Bertz CT molecular complexity index is 823. The van der Waals surface area contributed by atoms with Crippen molar-refractivity contribution in [2.45, 2.75) is 44.9 Å². The highest BCUT2D eigenvalue weighted by Crippen LogP contribution is 2.34. The number of halogens is 1. The van der Waals surface area contributed by atoms with Gasteiger partial charge in [-0.3, -0.25) is 4.79 Å². The number of piperidine rings is 1. The second-order valence-corrected chi connectivity index (χ2v) is 7.78. The molecule has 1 saturated heterocycles. The van der Waals surface area contributed by atoms with E-state index >= 15 is 0 Å². The number of carbonyl (C=O) groups excluding carboxylic acids is 1. The van der Waals surface area contributed by atoms with Crippen LogP contribution in [-0.2, 0) is 11.2 Å². The zero-order valence-electron chi connectivity index (χ0n) is 15.4.